The van der Waals surface area contributed by atoms with Crippen LogP contribution < -0.4 is 0 Å². The Bertz CT molecular complexity index is 393. The lowest BCUT2D eigenvalue weighted by atomic mass is 9.82. The van der Waals surface area contributed by atoms with E-state index in [-0.39, 0.29) is 0 Å². The molecule has 20 heavy (non-hydrogen) atoms. The Morgan fingerprint density at radius 3 is 2.35 bits per heavy atom. The number of rotatable bonds is 3. The van der Waals surface area contributed by atoms with Crippen LogP contribution in [0.5, 0.6) is 0 Å². The normalized spacial score (nSPS) is 27.4. The zero-order valence-corrected chi connectivity index (χ0v) is 12.9. The highest BCUT2D eigenvalue weighted by atomic mass is 15.2. The van der Waals surface area contributed by atoms with Crippen molar-refractivity contribution in [3.8, 4) is 0 Å². The molecule has 0 unspecified atom stereocenters. The molecule has 110 valence electrons. The number of hydrogen-bond acceptors (Lipinski definition) is 1. The fourth-order valence-electron chi connectivity index (χ4n) is 4.36. The molecule has 0 radical (unpaired) electrons. The highest BCUT2D eigenvalue weighted by Crippen LogP contribution is 2.37. The molecule has 1 saturated carbocycles. The smallest absolute Gasteiger partial charge is 0.0351 e. The average molecular weight is 271 g/mol. The van der Waals surface area contributed by atoms with Crippen molar-refractivity contribution in [1.82, 2.24) is 4.90 Å². The van der Waals surface area contributed by atoms with Gasteiger partial charge in [0.25, 0.3) is 0 Å². The van der Waals surface area contributed by atoms with E-state index < -0.39 is 0 Å². The summed E-state index contributed by atoms with van der Waals surface area (Å²) in [6.07, 6.45) is 11.4. The van der Waals surface area contributed by atoms with E-state index in [4.69, 9.17) is 0 Å². The lowest BCUT2D eigenvalue weighted by molar-refractivity contribution is 0.0576. The molecular formula is C19H29N. The number of hydrogen-bond donors (Lipinski definition) is 0. The van der Waals surface area contributed by atoms with Crippen LogP contribution in [0.3, 0.4) is 0 Å². The van der Waals surface area contributed by atoms with Crippen molar-refractivity contribution in [1.29, 1.82) is 0 Å². The van der Waals surface area contributed by atoms with Gasteiger partial charge in [0.1, 0.15) is 0 Å². The summed E-state index contributed by atoms with van der Waals surface area (Å²) in [5.74, 6) is 0.938. The predicted molar refractivity (Wildman–Crippen MR) is 85.8 cm³/mol. The first-order valence-corrected chi connectivity index (χ1v) is 8.67. The molecule has 1 aromatic carbocycles. The second-order valence-electron chi connectivity index (χ2n) is 6.80. The Kier molecular flexibility index (Phi) is 4.77. The monoisotopic (exact) mass is 271 g/mol. The standard InChI is InChI=1S/C19H29N/c1-16(17-10-4-2-5-11-17)20-15-9-8-14-19(20)18-12-6-3-7-13-18/h3,6-7,12-13,16-17,19H,2,4-5,8-11,14-15H2,1H3/t16-,19+/m0/s1. The van der Waals surface area contributed by atoms with Gasteiger partial charge in [-0.3, -0.25) is 4.90 Å². The molecule has 1 saturated heterocycles. The van der Waals surface area contributed by atoms with Crippen molar-refractivity contribution < 1.29 is 0 Å². The third-order valence-corrected chi connectivity index (χ3v) is 5.58. The molecule has 1 heterocycles. The van der Waals surface area contributed by atoms with Gasteiger partial charge in [-0.25, -0.2) is 0 Å². The van der Waals surface area contributed by atoms with Gasteiger partial charge in [0, 0.05) is 12.1 Å². The summed E-state index contributed by atoms with van der Waals surface area (Å²) in [5.41, 5.74) is 1.54. The Morgan fingerprint density at radius 2 is 1.60 bits per heavy atom. The molecule has 0 N–H and O–H groups in total. The van der Waals surface area contributed by atoms with Gasteiger partial charge >= 0.3 is 0 Å². The molecule has 2 atom stereocenters. The predicted octanol–water partition coefficient (Wildman–Crippen LogP) is 5.18. The van der Waals surface area contributed by atoms with Gasteiger partial charge < -0.3 is 0 Å². The van der Waals surface area contributed by atoms with Crippen molar-refractivity contribution in [3.05, 3.63) is 35.9 Å². The van der Waals surface area contributed by atoms with Gasteiger partial charge in [0.05, 0.1) is 0 Å². The van der Waals surface area contributed by atoms with Gasteiger partial charge in [-0.2, -0.15) is 0 Å². The van der Waals surface area contributed by atoms with Crippen LogP contribution in [0.25, 0.3) is 0 Å². The Hall–Kier alpha value is -0.820. The molecule has 3 rings (SSSR count). The van der Waals surface area contributed by atoms with E-state index in [0.717, 1.165) is 12.0 Å². The summed E-state index contributed by atoms with van der Waals surface area (Å²) in [6.45, 7) is 3.80. The third kappa shape index (κ3) is 3.09. The molecule has 1 aliphatic heterocycles. The van der Waals surface area contributed by atoms with Crippen molar-refractivity contribution in [3.63, 3.8) is 0 Å². The van der Waals surface area contributed by atoms with Crippen LogP contribution >= 0.6 is 0 Å². The van der Waals surface area contributed by atoms with E-state index in [1.165, 1.54) is 63.5 Å². The Balaban J connectivity index is 1.74. The van der Waals surface area contributed by atoms with Crippen LogP contribution in [0, 0.1) is 5.92 Å². The second-order valence-corrected chi connectivity index (χ2v) is 6.80. The minimum absolute atomic E-state index is 0.668. The van der Waals surface area contributed by atoms with E-state index in [0.29, 0.717) is 6.04 Å². The van der Waals surface area contributed by atoms with Crippen LogP contribution in [-0.4, -0.2) is 17.5 Å². The topological polar surface area (TPSA) is 3.24 Å². The SMILES string of the molecule is C[C@@H](C1CCCCC1)N1CCCC[C@@H]1c1ccccc1. The molecule has 0 bridgehead atoms. The molecule has 1 aromatic rings. The van der Waals surface area contributed by atoms with E-state index in [1.54, 1.807) is 0 Å². The fraction of sp³-hybridized carbons (Fsp3) is 0.684. The summed E-state index contributed by atoms with van der Waals surface area (Å²) in [4.78, 5) is 2.83. The minimum atomic E-state index is 0.668. The second kappa shape index (κ2) is 6.76. The van der Waals surface area contributed by atoms with Crippen LogP contribution in [0.1, 0.15) is 69.9 Å². The summed E-state index contributed by atoms with van der Waals surface area (Å²) in [7, 11) is 0. The fourth-order valence-corrected chi connectivity index (χ4v) is 4.36. The van der Waals surface area contributed by atoms with Crippen molar-refractivity contribution in [2.45, 2.75) is 70.4 Å². The largest absolute Gasteiger partial charge is 0.293 e. The number of benzene rings is 1. The lowest BCUT2D eigenvalue weighted by Gasteiger charge is -2.44. The average Bonchev–Trinajstić information content (AvgIpc) is 2.56. The van der Waals surface area contributed by atoms with E-state index in [1.807, 2.05) is 0 Å². The first-order valence-electron chi connectivity index (χ1n) is 8.67. The zero-order valence-electron chi connectivity index (χ0n) is 12.9. The Labute approximate surface area is 124 Å². The van der Waals surface area contributed by atoms with Crippen molar-refractivity contribution in [2.24, 2.45) is 5.92 Å². The van der Waals surface area contributed by atoms with Crippen molar-refractivity contribution in [2.75, 3.05) is 6.54 Å². The van der Waals surface area contributed by atoms with Gasteiger partial charge in [0.15, 0.2) is 0 Å². The minimum Gasteiger partial charge on any atom is -0.293 e. The first-order chi connectivity index (χ1) is 9.86. The first kappa shape index (κ1) is 14.1. The highest BCUT2D eigenvalue weighted by molar-refractivity contribution is 5.19. The van der Waals surface area contributed by atoms with Gasteiger partial charge in [-0.1, -0.05) is 56.0 Å². The van der Waals surface area contributed by atoms with Crippen LogP contribution in [0.4, 0.5) is 0 Å². The van der Waals surface area contributed by atoms with Gasteiger partial charge in [-0.15, -0.1) is 0 Å². The molecule has 2 fully saturated rings. The molecule has 1 aliphatic carbocycles. The molecule has 0 spiro atoms. The van der Waals surface area contributed by atoms with Crippen LogP contribution in [-0.2, 0) is 0 Å². The lowest BCUT2D eigenvalue weighted by Crippen LogP contribution is -2.44. The maximum absolute atomic E-state index is 2.83. The van der Waals surface area contributed by atoms with Crippen LogP contribution in [0.2, 0.25) is 0 Å². The molecule has 0 amide bonds. The maximum Gasteiger partial charge on any atom is 0.0351 e. The van der Waals surface area contributed by atoms with E-state index in [9.17, 15) is 0 Å². The van der Waals surface area contributed by atoms with Gasteiger partial charge in [0.2, 0.25) is 0 Å². The molecule has 1 nitrogen and oxygen atoms in total. The number of likely N-dealkylation sites (tertiary alicyclic amines) is 1. The van der Waals surface area contributed by atoms with Gasteiger partial charge in [-0.05, 0) is 50.6 Å². The number of nitrogens with zero attached hydrogens (tertiary/aromatic N) is 1. The van der Waals surface area contributed by atoms with Crippen LogP contribution in [0.15, 0.2) is 30.3 Å². The molecule has 2 aliphatic rings. The Morgan fingerprint density at radius 1 is 0.900 bits per heavy atom. The van der Waals surface area contributed by atoms with Crippen molar-refractivity contribution >= 4 is 0 Å². The molecule has 1 heteroatoms. The number of piperidine rings is 1. The third-order valence-electron chi connectivity index (χ3n) is 5.58. The molecular weight excluding hydrogens is 242 g/mol. The van der Waals surface area contributed by atoms with E-state index in [2.05, 4.69) is 42.2 Å². The summed E-state index contributed by atoms with van der Waals surface area (Å²) in [6, 6.07) is 12.6. The zero-order chi connectivity index (χ0) is 13.8. The summed E-state index contributed by atoms with van der Waals surface area (Å²) in [5, 5.41) is 0. The summed E-state index contributed by atoms with van der Waals surface area (Å²) < 4.78 is 0. The van der Waals surface area contributed by atoms with E-state index >= 15 is 0 Å². The highest BCUT2D eigenvalue weighted by Gasteiger charge is 2.32. The summed E-state index contributed by atoms with van der Waals surface area (Å²) >= 11 is 0. The molecule has 0 aromatic heterocycles. The maximum atomic E-state index is 2.83. The quantitative estimate of drug-likeness (QED) is 0.732.